The Bertz CT molecular complexity index is 1290. The molecule has 33 heavy (non-hydrogen) atoms. The molecule has 1 N–H and O–H groups in total. The average Bonchev–Trinajstić information content (AvgIpc) is 3.21. The van der Waals surface area contributed by atoms with E-state index in [-0.39, 0.29) is 5.56 Å². The fraction of sp³-hybridized carbons (Fsp3) is 0.154. The van der Waals surface area contributed by atoms with Gasteiger partial charge < -0.3 is 24.0 Å². The van der Waals surface area contributed by atoms with Crippen LogP contribution < -0.4 is 9.47 Å². The Morgan fingerprint density at radius 2 is 1.76 bits per heavy atom. The minimum absolute atomic E-state index is 0.166. The van der Waals surface area contributed by atoms with E-state index in [1.165, 1.54) is 7.11 Å². The third kappa shape index (κ3) is 4.82. The van der Waals surface area contributed by atoms with Crippen molar-refractivity contribution in [1.29, 1.82) is 0 Å². The van der Waals surface area contributed by atoms with Crippen molar-refractivity contribution < 1.29 is 24.2 Å². The number of fused-ring (bicyclic) bond motifs is 1. The summed E-state index contributed by atoms with van der Waals surface area (Å²) in [7, 11) is 1.53. The van der Waals surface area contributed by atoms with E-state index >= 15 is 0 Å². The summed E-state index contributed by atoms with van der Waals surface area (Å²) in [4.78, 5) is 17.3. The third-order valence-corrected chi connectivity index (χ3v) is 5.09. The van der Waals surface area contributed by atoms with Gasteiger partial charge in [-0.1, -0.05) is 41.6 Å². The van der Waals surface area contributed by atoms with Crippen molar-refractivity contribution in [3.8, 4) is 17.2 Å². The summed E-state index contributed by atoms with van der Waals surface area (Å²) in [6.45, 7) is 2.56. The Hall–Kier alpha value is -4.26. The minimum Gasteiger partial charge on any atom is -0.496 e. The molecule has 0 aliphatic heterocycles. The molecule has 0 aliphatic rings. The second-order valence-corrected chi connectivity index (χ2v) is 7.23. The second-order valence-electron chi connectivity index (χ2n) is 7.23. The summed E-state index contributed by atoms with van der Waals surface area (Å²) in [6, 6.07) is 22.5. The Labute approximate surface area is 191 Å². The molecular formula is C26H24N2O5. The highest BCUT2D eigenvalue weighted by molar-refractivity contribution is 6.07. The van der Waals surface area contributed by atoms with E-state index < -0.39 is 5.97 Å². The summed E-state index contributed by atoms with van der Waals surface area (Å²) in [6.07, 6.45) is 1.60. The molecule has 0 aliphatic carbocycles. The molecule has 0 spiro atoms. The van der Waals surface area contributed by atoms with Crippen LogP contribution in [0.5, 0.6) is 17.2 Å². The van der Waals surface area contributed by atoms with E-state index in [0.29, 0.717) is 35.7 Å². The number of oxime groups is 1. The number of benzene rings is 3. The number of ether oxygens (including phenoxy) is 2. The largest absolute Gasteiger partial charge is 0.496 e. The number of hydrogen-bond donors (Lipinski definition) is 1. The fourth-order valence-corrected chi connectivity index (χ4v) is 3.62. The first kappa shape index (κ1) is 22.0. The fourth-order valence-electron chi connectivity index (χ4n) is 3.62. The van der Waals surface area contributed by atoms with E-state index in [0.717, 1.165) is 16.8 Å². The van der Waals surface area contributed by atoms with Gasteiger partial charge in [0.25, 0.3) is 0 Å². The van der Waals surface area contributed by atoms with E-state index in [1.54, 1.807) is 12.3 Å². The molecule has 0 unspecified atom stereocenters. The highest BCUT2D eigenvalue weighted by atomic mass is 16.6. The van der Waals surface area contributed by atoms with Crippen molar-refractivity contribution in [1.82, 2.24) is 4.57 Å². The van der Waals surface area contributed by atoms with Gasteiger partial charge in [-0.25, -0.2) is 4.79 Å². The Morgan fingerprint density at radius 1 is 1.00 bits per heavy atom. The number of aromatic carboxylic acids is 1. The molecule has 1 aromatic heterocycles. The van der Waals surface area contributed by atoms with Crippen LogP contribution in [0, 0.1) is 0 Å². The first-order chi connectivity index (χ1) is 16.1. The van der Waals surface area contributed by atoms with Gasteiger partial charge in [-0.2, -0.15) is 0 Å². The predicted molar refractivity (Wildman–Crippen MR) is 127 cm³/mol. The monoisotopic (exact) mass is 444 g/mol. The summed E-state index contributed by atoms with van der Waals surface area (Å²) in [5, 5.41) is 14.6. The topological polar surface area (TPSA) is 82.3 Å². The zero-order chi connectivity index (χ0) is 23.2. The number of rotatable bonds is 9. The molecular weight excluding hydrogens is 420 g/mol. The zero-order valence-corrected chi connectivity index (χ0v) is 18.4. The lowest BCUT2D eigenvalue weighted by Gasteiger charge is -2.12. The van der Waals surface area contributed by atoms with E-state index in [2.05, 4.69) is 5.16 Å². The van der Waals surface area contributed by atoms with Crippen LogP contribution in [0.4, 0.5) is 0 Å². The van der Waals surface area contributed by atoms with Gasteiger partial charge in [-0.15, -0.1) is 0 Å². The second kappa shape index (κ2) is 9.91. The van der Waals surface area contributed by atoms with Crippen LogP contribution in [0.15, 0.2) is 84.1 Å². The highest BCUT2D eigenvalue weighted by Gasteiger charge is 2.19. The number of carboxylic acids is 1. The molecule has 0 fully saturated rings. The van der Waals surface area contributed by atoms with Crippen molar-refractivity contribution >= 4 is 22.6 Å². The smallest absolute Gasteiger partial charge is 0.338 e. The van der Waals surface area contributed by atoms with Crippen LogP contribution in [0.1, 0.15) is 22.8 Å². The van der Waals surface area contributed by atoms with Crippen molar-refractivity contribution in [2.45, 2.75) is 13.5 Å². The van der Waals surface area contributed by atoms with Crippen molar-refractivity contribution in [2.75, 3.05) is 13.7 Å². The lowest BCUT2D eigenvalue weighted by atomic mass is 10.1. The molecule has 4 rings (SSSR count). The summed E-state index contributed by atoms with van der Waals surface area (Å²) in [5.74, 6) is 0.871. The highest BCUT2D eigenvalue weighted by Crippen LogP contribution is 2.31. The van der Waals surface area contributed by atoms with Gasteiger partial charge in [-0.05, 0) is 43.3 Å². The van der Waals surface area contributed by atoms with Crippen LogP contribution in [0.2, 0.25) is 0 Å². The molecule has 3 aromatic carbocycles. The first-order valence-electron chi connectivity index (χ1n) is 10.5. The van der Waals surface area contributed by atoms with Crippen molar-refractivity contribution in [3.05, 3.63) is 90.1 Å². The number of para-hydroxylation sites is 1. The third-order valence-electron chi connectivity index (χ3n) is 5.09. The zero-order valence-electron chi connectivity index (χ0n) is 18.4. The van der Waals surface area contributed by atoms with Crippen LogP contribution in [-0.4, -0.2) is 35.1 Å². The van der Waals surface area contributed by atoms with Gasteiger partial charge in [0, 0.05) is 11.8 Å². The average molecular weight is 444 g/mol. The van der Waals surface area contributed by atoms with Crippen LogP contribution in [0.25, 0.3) is 10.9 Å². The van der Waals surface area contributed by atoms with Crippen molar-refractivity contribution in [2.24, 2.45) is 5.16 Å². The number of aromatic nitrogens is 1. The van der Waals surface area contributed by atoms with Crippen LogP contribution >= 0.6 is 0 Å². The van der Waals surface area contributed by atoms with E-state index in [9.17, 15) is 9.90 Å². The SMILES string of the molecule is CCON=C(Cn1cc(C(=O)O)c2c(OC)cccc21)c1cccc(Oc2ccccc2)c1. The summed E-state index contributed by atoms with van der Waals surface area (Å²) in [5.41, 5.74) is 2.33. The lowest BCUT2D eigenvalue weighted by Crippen LogP contribution is -2.12. The maximum atomic E-state index is 11.9. The molecule has 0 bridgehead atoms. The van der Waals surface area contributed by atoms with Gasteiger partial charge in [0.2, 0.25) is 0 Å². The standard InChI is InChI=1S/C26H24N2O5/c1-3-32-27-22(18-9-7-12-20(15-18)33-19-10-5-4-6-11-19)17-28-16-21(26(29)30)25-23(28)13-8-14-24(25)31-2/h4-16H,3,17H2,1-2H3,(H,29,30). The number of carboxylic acid groups (broad SMARTS) is 1. The molecule has 0 saturated heterocycles. The number of hydrogen-bond acceptors (Lipinski definition) is 5. The summed E-state index contributed by atoms with van der Waals surface area (Å²) < 4.78 is 13.2. The van der Waals surface area contributed by atoms with Crippen LogP contribution in [-0.2, 0) is 11.4 Å². The van der Waals surface area contributed by atoms with E-state index in [1.807, 2.05) is 78.2 Å². The van der Waals surface area contributed by atoms with Gasteiger partial charge >= 0.3 is 5.97 Å². The van der Waals surface area contributed by atoms with Gasteiger partial charge in [0.05, 0.1) is 30.1 Å². The lowest BCUT2D eigenvalue weighted by molar-refractivity contribution is 0.0698. The molecule has 0 saturated carbocycles. The van der Waals surface area contributed by atoms with E-state index in [4.69, 9.17) is 14.3 Å². The summed E-state index contributed by atoms with van der Waals surface area (Å²) >= 11 is 0. The molecule has 0 radical (unpaired) electrons. The number of methoxy groups -OCH3 is 1. The van der Waals surface area contributed by atoms with Crippen LogP contribution in [0.3, 0.4) is 0 Å². The Balaban J connectivity index is 1.73. The molecule has 1 heterocycles. The minimum atomic E-state index is -1.02. The molecule has 4 aromatic rings. The van der Waals surface area contributed by atoms with Crippen molar-refractivity contribution in [3.63, 3.8) is 0 Å². The maximum Gasteiger partial charge on any atom is 0.338 e. The molecule has 0 atom stereocenters. The molecule has 0 amide bonds. The number of nitrogens with zero attached hydrogens (tertiary/aromatic N) is 2. The first-order valence-corrected chi connectivity index (χ1v) is 10.5. The van der Waals surface area contributed by atoms with Gasteiger partial charge in [0.1, 0.15) is 29.6 Å². The normalized spacial score (nSPS) is 11.4. The van der Waals surface area contributed by atoms with Gasteiger partial charge in [0.15, 0.2) is 0 Å². The maximum absolute atomic E-state index is 11.9. The Morgan fingerprint density at radius 3 is 2.48 bits per heavy atom. The molecule has 7 heteroatoms. The quantitative estimate of drug-likeness (QED) is 0.269. The molecule has 7 nitrogen and oxygen atoms in total. The molecule has 168 valence electrons. The number of carbonyl (C=O) groups is 1. The Kier molecular flexibility index (Phi) is 6.59. The predicted octanol–water partition coefficient (Wildman–Crippen LogP) is 5.58. The van der Waals surface area contributed by atoms with Gasteiger partial charge in [-0.3, -0.25) is 0 Å².